The zero-order valence-corrected chi connectivity index (χ0v) is 18.2. The van der Waals surface area contributed by atoms with E-state index in [-0.39, 0.29) is 24.0 Å². The summed E-state index contributed by atoms with van der Waals surface area (Å²) in [4.78, 5) is 12.3. The molecule has 0 saturated heterocycles. The number of allylic oxidation sites excluding steroid dienone is 1. The van der Waals surface area contributed by atoms with Gasteiger partial charge in [0, 0.05) is 22.0 Å². The second kappa shape index (κ2) is 8.65. The fraction of sp³-hybridized carbons (Fsp3) is 0.174. The summed E-state index contributed by atoms with van der Waals surface area (Å²) in [5.74, 6) is 0.0424. The van der Waals surface area contributed by atoms with Gasteiger partial charge in [-0.25, -0.2) is 0 Å². The van der Waals surface area contributed by atoms with Crippen molar-refractivity contribution in [2.24, 2.45) is 5.73 Å². The van der Waals surface area contributed by atoms with Crippen LogP contribution in [0.25, 0.3) is 0 Å². The van der Waals surface area contributed by atoms with Gasteiger partial charge in [-0.3, -0.25) is 9.89 Å². The fourth-order valence-corrected chi connectivity index (χ4v) is 3.71. The molecule has 2 heterocycles. The van der Waals surface area contributed by atoms with Crippen molar-refractivity contribution in [3.8, 4) is 17.7 Å². The van der Waals surface area contributed by atoms with Gasteiger partial charge in [-0.05, 0) is 49.2 Å². The summed E-state index contributed by atoms with van der Waals surface area (Å²) in [6.45, 7) is 3.54. The number of anilines is 1. The van der Waals surface area contributed by atoms with Gasteiger partial charge in [-0.15, -0.1) is 5.10 Å². The van der Waals surface area contributed by atoms with E-state index in [1.807, 2.05) is 26.0 Å². The normalized spacial score (nSPS) is 14.9. The summed E-state index contributed by atoms with van der Waals surface area (Å²) in [6, 6.07) is 14.6. The number of nitrogens with one attached hydrogen (secondary N) is 2. The van der Waals surface area contributed by atoms with Crippen LogP contribution in [0.15, 0.2) is 53.9 Å². The van der Waals surface area contributed by atoms with Crippen molar-refractivity contribution in [3.63, 3.8) is 0 Å². The van der Waals surface area contributed by atoms with Crippen molar-refractivity contribution in [1.29, 1.82) is 5.26 Å². The third-order valence-corrected chi connectivity index (χ3v) is 5.55. The molecule has 162 valence electrons. The minimum Gasteiger partial charge on any atom is -0.484 e. The number of halogens is 1. The molecule has 0 fully saturated rings. The zero-order chi connectivity index (χ0) is 22.8. The molecular weight excluding hydrogens is 430 g/mol. The van der Waals surface area contributed by atoms with Crippen LogP contribution in [0.5, 0.6) is 11.6 Å². The van der Waals surface area contributed by atoms with Crippen LogP contribution in [0.1, 0.15) is 28.3 Å². The number of rotatable bonds is 5. The second-order valence-electron chi connectivity index (χ2n) is 7.37. The first-order valence-corrected chi connectivity index (χ1v) is 10.2. The molecule has 0 aliphatic carbocycles. The molecular formula is C23H20ClN5O3. The Morgan fingerprint density at radius 2 is 2.16 bits per heavy atom. The number of nitrogens with two attached hydrogens (primary N) is 1. The van der Waals surface area contributed by atoms with Crippen molar-refractivity contribution in [1.82, 2.24) is 10.2 Å². The average molecular weight is 450 g/mol. The molecule has 0 spiro atoms. The molecule has 1 aromatic heterocycles. The maximum Gasteiger partial charge on any atom is 0.262 e. The molecule has 9 heteroatoms. The molecule has 1 amide bonds. The highest BCUT2D eigenvalue weighted by Gasteiger charge is 2.34. The lowest BCUT2D eigenvalue weighted by atomic mass is 9.84. The van der Waals surface area contributed by atoms with Crippen LogP contribution in [-0.4, -0.2) is 22.7 Å². The second-order valence-corrected chi connectivity index (χ2v) is 7.77. The first-order chi connectivity index (χ1) is 15.4. The van der Waals surface area contributed by atoms with E-state index >= 15 is 0 Å². The SMILES string of the molecule is Cc1ccc(NC(=O)COc2cccc(C3C(C#N)=C(N)Oc4n[nH]c(C)c43)c2)cc1Cl. The average Bonchev–Trinajstić information content (AvgIpc) is 3.14. The molecule has 0 bridgehead atoms. The Kier molecular flexibility index (Phi) is 5.75. The van der Waals surface area contributed by atoms with Crippen LogP contribution in [-0.2, 0) is 4.79 Å². The molecule has 1 atom stereocenters. The van der Waals surface area contributed by atoms with E-state index in [2.05, 4.69) is 21.6 Å². The highest BCUT2D eigenvalue weighted by Crippen LogP contribution is 2.43. The van der Waals surface area contributed by atoms with Gasteiger partial charge in [-0.2, -0.15) is 5.26 Å². The summed E-state index contributed by atoms with van der Waals surface area (Å²) >= 11 is 6.10. The number of ether oxygens (including phenoxy) is 2. The number of benzene rings is 2. The minimum absolute atomic E-state index is 0.0129. The van der Waals surface area contributed by atoms with Crippen LogP contribution in [0.4, 0.5) is 5.69 Å². The molecule has 4 N–H and O–H groups in total. The number of nitrogens with zero attached hydrogens (tertiary/aromatic N) is 2. The minimum atomic E-state index is -0.463. The number of aromatic amines is 1. The molecule has 3 aromatic rings. The monoisotopic (exact) mass is 449 g/mol. The predicted octanol–water partition coefficient (Wildman–Crippen LogP) is 3.92. The van der Waals surface area contributed by atoms with Crippen molar-refractivity contribution < 1.29 is 14.3 Å². The Morgan fingerprint density at radius 1 is 1.34 bits per heavy atom. The van der Waals surface area contributed by atoms with E-state index in [0.29, 0.717) is 22.3 Å². The number of carbonyl (C=O) groups is 1. The number of hydrogen-bond donors (Lipinski definition) is 3. The summed E-state index contributed by atoms with van der Waals surface area (Å²) < 4.78 is 11.2. The van der Waals surface area contributed by atoms with Crippen LogP contribution in [0.3, 0.4) is 0 Å². The number of aryl methyl sites for hydroxylation is 2. The molecule has 1 aliphatic heterocycles. The largest absolute Gasteiger partial charge is 0.484 e. The summed E-state index contributed by atoms with van der Waals surface area (Å²) in [6.07, 6.45) is 0. The number of fused-ring (bicyclic) bond motifs is 1. The molecule has 0 saturated carbocycles. The van der Waals surface area contributed by atoms with Crippen molar-refractivity contribution in [2.45, 2.75) is 19.8 Å². The quantitative estimate of drug-likeness (QED) is 0.542. The van der Waals surface area contributed by atoms with Gasteiger partial charge in [0.15, 0.2) is 6.61 Å². The number of hydrogen-bond acceptors (Lipinski definition) is 6. The molecule has 1 unspecified atom stereocenters. The van der Waals surface area contributed by atoms with Crippen LogP contribution in [0, 0.1) is 25.2 Å². The maximum absolute atomic E-state index is 12.3. The highest BCUT2D eigenvalue weighted by atomic mass is 35.5. The Balaban J connectivity index is 1.52. The first kappa shape index (κ1) is 21.3. The van der Waals surface area contributed by atoms with Gasteiger partial charge in [0.05, 0.1) is 5.92 Å². The van der Waals surface area contributed by atoms with E-state index in [4.69, 9.17) is 26.8 Å². The van der Waals surface area contributed by atoms with Crippen LogP contribution in [0.2, 0.25) is 5.02 Å². The van der Waals surface area contributed by atoms with E-state index in [0.717, 1.165) is 22.4 Å². The third kappa shape index (κ3) is 4.11. The van der Waals surface area contributed by atoms with Crippen LogP contribution < -0.4 is 20.5 Å². The highest BCUT2D eigenvalue weighted by molar-refractivity contribution is 6.31. The zero-order valence-electron chi connectivity index (χ0n) is 17.4. The van der Waals surface area contributed by atoms with Crippen LogP contribution >= 0.6 is 11.6 Å². The predicted molar refractivity (Wildman–Crippen MR) is 119 cm³/mol. The summed E-state index contributed by atoms with van der Waals surface area (Å²) in [5.41, 5.74) is 10.0. The van der Waals surface area contributed by atoms with Crippen molar-refractivity contribution in [2.75, 3.05) is 11.9 Å². The molecule has 4 rings (SSSR count). The topological polar surface area (TPSA) is 126 Å². The number of amides is 1. The van der Waals surface area contributed by atoms with E-state index < -0.39 is 5.92 Å². The number of carbonyl (C=O) groups excluding carboxylic acids is 1. The van der Waals surface area contributed by atoms with Gasteiger partial charge in [0.25, 0.3) is 5.91 Å². The van der Waals surface area contributed by atoms with E-state index in [1.54, 1.807) is 30.3 Å². The number of aromatic nitrogens is 2. The smallest absolute Gasteiger partial charge is 0.262 e. The van der Waals surface area contributed by atoms with Gasteiger partial charge in [-0.1, -0.05) is 29.8 Å². The molecule has 8 nitrogen and oxygen atoms in total. The Hall–Kier alpha value is -3.96. The molecule has 1 aliphatic rings. The number of H-pyrrole nitrogens is 1. The third-order valence-electron chi connectivity index (χ3n) is 5.15. The van der Waals surface area contributed by atoms with Gasteiger partial charge < -0.3 is 20.5 Å². The number of nitriles is 1. The molecule has 32 heavy (non-hydrogen) atoms. The maximum atomic E-state index is 12.3. The van der Waals surface area contributed by atoms with Crippen molar-refractivity contribution in [3.05, 3.63) is 81.3 Å². The Bertz CT molecular complexity index is 1270. The summed E-state index contributed by atoms with van der Waals surface area (Å²) in [7, 11) is 0. The lowest BCUT2D eigenvalue weighted by molar-refractivity contribution is -0.118. The van der Waals surface area contributed by atoms with Gasteiger partial charge in [0.1, 0.15) is 17.4 Å². The lowest BCUT2D eigenvalue weighted by Crippen LogP contribution is -2.21. The van der Waals surface area contributed by atoms with E-state index in [1.165, 1.54) is 0 Å². The standard InChI is InChI=1S/C23H20ClN5O3/c1-12-6-7-15(9-18(12)24)27-19(30)11-31-16-5-3-4-14(8-16)21-17(10-25)22(26)32-23-20(21)13(2)28-29-23/h3-9,21H,11,26H2,1-2H3,(H,27,30)(H,28,29). The first-order valence-electron chi connectivity index (χ1n) is 9.78. The Labute approximate surface area is 189 Å². The Morgan fingerprint density at radius 3 is 2.91 bits per heavy atom. The molecule has 2 aromatic carbocycles. The lowest BCUT2D eigenvalue weighted by Gasteiger charge is -2.24. The molecule has 0 radical (unpaired) electrons. The van der Waals surface area contributed by atoms with Gasteiger partial charge in [0.2, 0.25) is 11.8 Å². The van der Waals surface area contributed by atoms with Gasteiger partial charge >= 0.3 is 0 Å². The van der Waals surface area contributed by atoms with Crippen molar-refractivity contribution >= 4 is 23.2 Å². The van der Waals surface area contributed by atoms with E-state index in [9.17, 15) is 10.1 Å². The summed E-state index contributed by atoms with van der Waals surface area (Å²) in [5, 5.41) is 20.0. The fourth-order valence-electron chi connectivity index (χ4n) is 3.53.